The second kappa shape index (κ2) is 5.94. The van der Waals surface area contributed by atoms with E-state index in [-0.39, 0.29) is 6.61 Å². The van der Waals surface area contributed by atoms with Crippen LogP contribution in [0.1, 0.15) is 26.2 Å². The van der Waals surface area contributed by atoms with Crippen molar-refractivity contribution in [3.8, 4) is 0 Å². The number of rotatable bonds is 4. The Hall–Kier alpha value is -0.670. The molecule has 0 saturated heterocycles. The maximum atomic E-state index is 9.05. The average molecular weight is 196 g/mol. The average Bonchev–Trinajstić information content (AvgIpc) is 2.37. The zero-order valence-corrected chi connectivity index (χ0v) is 9.08. The molecule has 1 heterocycles. The van der Waals surface area contributed by atoms with Gasteiger partial charge in [0.2, 0.25) is 0 Å². The van der Waals surface area contributed by atoms with Gasteiger partial charge in [-0.15, -0.1) is 0 Å². The fourth-order valence-corrected chi connectivity index (χ4v) is 1.66. The van der Waals surface area contributed by atoms with Gasteiger partial charge < -0.3 is 10.4 Å². The van der Waals surface area contributed by atoms with Crippen LogP contribution in [-0.2, 0) is 0 Å². The zero-order chi connectivity index (χ0) is 10.4. The van der Waals surface area contributed by atoms with E-state index >= 15 is 0 Å². The molecular formula is C11H20N2O. The van der Waals surface area contributed by atoms with Gasteiger partial charge in [0.05, 0.1) is 12.3 Å². The Balaban J connectivity index is 2.65. The van der Waals surface area contributed by atoms with Crippen LogP contribution in [-0.4, -0.2) is 31.0 Å². The van der Waals surface area contributed by atoms with Gasteiger partial charge in [0.25, 0.3) is 0 Å². The minimum atomic E-state index is 0.0653. The molecule has 0 amide bonds. The molecule has 0 fully saturated rings. The number of nitrogens with zero attached hydrogens (tertiary/aromatic N) is 1. The smallest absolute Gasteiger partial charge is 0.0849 e. The van der Waals surface area contributed by atoms with Gasteiger partial charge >= 0.3 is 0 Å². The fraction of sp³-hybridized carbons (Fsp3) is 0.727. The first-order valence-corrected chi connectivity index (χ1v) is 5.30. The SMILES string of the molecule is CNCCC1=NC(CO)=CCC[C@H]1C. The molecule has 1 rings (SSSR count). The Bertz CT molecular complexity index is 233. The van der Waals surface area contributed by atoms with Crippen LogP contribution in [0, 0.1) is 5.92 Å². The quantitative estimate of drug-likeness (QED) is 0.712. The van der Waals surface area contributed by atoms with E-state index in [9.17, 15) is 0 Å². The number of nitrogens with one attached hydrogen (secondary N) is 1. The molecule has 0 unspecified atom stereocenters. The Labute approximate surface area is 85.9 Å². The molecule has 2 N–H and O–H groups in total. The highest BCUT2D eigenvalue weighted by molar-refractivity contribution is 5.87. The standard InChI is InChI=1S/C11H20N2O/c1-9-4-3-5-10(8-14)13-11(9)6-7-12-2/h5,9,12,14H,3-4,6-8H2,1-2H3/t9-/m1/s1. The van der Waals surface area contributed by atoms with Gasteiger partial charge in [-0.1, -0.05) is 13.0 Å². The predicted molar refractivity (Wildman–Crippen MR) is 59.5 cm³/mol. The van der Waals surface area contributed by atoms with E-state index < -0.39 is 0 Å². The zero-order valence-electron chi connectivity index (χ0n) is 9.08. The predicted octanol–water partition coefficient (Wildman–Crippen LogP) is 1.34. The summed E-state index contributed by atoms with van der Waals surface area (Å²) < 4.78 is 0. The van der Waals surface area contributed by atoms with Crippen molar-refractivity contribution in [2.45, 2.75) is 26.2 Å². The minimum Gasteiger partial charge on any atom is -0.390 e. The maximum absolute atomic E-state index is 9.05. The van der Waals surface area contributed by atoms with Crippen molar-refractivity contribution < 1.29 is 5.11 Å². The Morgan fingerprint density at radius 2 is 2.43 bits per heavy atom. The highest BCUT2D eigenvalue weighted by Crippen LogP contribution is 2.18. The van der Waals surface area contributed by atoms with E-state index in [0.717, 1.165) is 31.5 Å². The summed E-state index contributed by atoms with van der Waals surface area (Å²) in [5.41, 5.74) is 2.05. The molecule has 3 nitrogen and oxygen atoms in total. The van der Waals surface area contributed by atoms with Gasteiger partial charge in [0.15, 0.2) is 0 Å². The summed E-state index contributed by atoms with van der Waals surface area (Å²) in [6.07, 6.45) is 5.20. The number of hydrogen-bond donors (Lipinski definition) is 2. The first kappa shape index (κ1) is 11.4. The molecule has 1 aliphatic rings. The number of allylic oxidation sites excluding steroid dienone is 1. The highest BCUT2D eigenvalue weighted by Gasteiger charge is 2.13. The van der Waals surface area contributed by atoms with E-state index in [2.05, 4.69) is 17.2 Å². The van der Waals surface area contributed by atoms with E-state index in [1.165, 1.54) is 5.71 Å². The van der Waals surface area contributed by atoms with E-state index in [0.29, 0.717) is 5.92 Å². The molecule has 14 heavy (non-hydrogen) atoms. The van der Waals surface area contributed by atoms with Crippen LogP contribution in [0.3, 0.4) is 0 Å². The summed E-state index contributed by atoms with van der Waals surface area (Å²) in [5.74, 6) is 0.545. The molecule has 0 radical (unpaired) electrons. The molecule has 1 atom stereocenters. The van der Waals surface area contributed by atoms with Crippen LogP contribution in [0.5, 0.6) is 0 Å². The first-order chi connectivity index (χ1) is 6.77. The van der Waals surface area contributed by atoms with Crippen molar-refractivity contribution in [2.75, 3.05) is 20.2 Å². The molecule has 0 bridgehead atoms. The molecule has 0 aromatic carbocycles. The molecule has 0 aromatic heterocycles. The van der Waals surface area contributed by atoms with Crippen molar-refractivity contribution in [1.29, 1.82) is 0 Å². The molecule has 80 valence electrons. The van der Waals surface area contributed by atoms with Gasteiger partial charge in [0.1, 0.15) is 0 Å². The molecule has 0 aliphatic carbocycles. The van der Waals surface area contributed by atoms with E-state index in [4.69, 9.17) is 5.11 Å². The van der Waals surface area contributed by atoms with E-state index in [1.54, 1.807) is 0 Å². The minimum absolute atomic E-state index is 0.0653. The number of hydrogen-bond acceptors (Lipinski definition) is 3. The summed E-state index contributed by atoms with van der Waals surface area (Å²) in [7, 11) is 1.95. The lowest BCUT2D eigenvalue weighted by molar-refractivity contribution is 0.329. The normalized spacial score (nSPS) is 22.6. The van der Waals surface area contributed by atoms with E-state index in [1.807, 2.05) is 13.1 Å². The summed E-state index contributed by atoms with van der Waals surface area (Å²) in [4.78, 5) is 4.50. The third-order valence-corrected chi connectivity index (χ3v) is 2.63. The third-order valence-electron chi connectivity index (χ3n) is 2.63. The van der Waals surface area contributed by atoms with Crippen molar-refractivity contribution in [2.24, 2.45) is 10.9 Å². The van der Waals surface area contributed by atoms with Crippen LogP contribution in [0.25, 0.3) is 0 Å². The van der Waals surface area contributed by atoms with Gasteiger partial charge in [0, 0.05) is 12.3 Å². The van der Waals surface area contributed by atoms with Crippen molar-refractivity contribution in [1.82, 2.24) is 5.32 Å². The summed E-state index contributed by atoms with van der Waals surface area (Å²) in [6, 6.07) is 0. The number of aliphatic hydroxyl groups excluding tert-OH is 1. The summed E-state index contributed by atoms with van der Waals surface area (Å²) in [5, 5.41) is 12.2. The summed E-state index contributed by atoms with van der Waals surface area (Å²) in [6.45, 7) is 3.24. The van der Waals surface area contributed by atoms with Crippen molar-refractivity contribution in [3.05, 3.63) is 11.8 Å². The summed E-state index contributed by atoms with van der Waals surface area (Å²) >= 11 is 0. The Morgan fingerprint density at radius 3 is 3.07 bits per heavy atom. The van der Waals surface area contributed by atoms with Crippen LogP contribution >= 0.6 is 0 Å². The van der Waals surface area contributed by atoms with Crippen molar-refractivity contribution >= 4 is 5.71 Å². The second-order valence-electron chi connectivity index (χ2n) is 3.79. The topological polar surface area (TPSA) is 44.6 Å². The lowest BCUT2D eigenvalue weighted by Gasteiger charge is -2.12. The lowest BCUT2D eigenvalue weighted by atomic mass is 9.98. The molecular weight excluding hydrogens is 176 g/mol. The third kappa shape index (κ3) is 3.24. The molecule has 0 saturated carbocycles. The fourth-order valence-electron chi connectivity index (χ4n) is 1.66. The van der Waals surface area contributed by atoms with Crippen LogP contribution in [0.2, 0.25) is 0 Å². The molecule has 3 heteroatoms. The lowest BCUT2D eigenvalue weighted by Crippen LogP contribution is -2.18. The molecule has 0 spiro atoms. The van der Waals surface area contributed by atoms with Gasteiger partial charge in [-0.3, -0.25) is 4.99 Å². The van der Waals surface area contributed by atoms with Gasteiger partial charge in [-0.05, 0) is 32.2 Å². The van der Waals surface area contributed by atoms with Crippen LogP contribution < -0.4 is 5.32 Å². The van der Waals surface area contributed by atoms with Gasteiger partial charge in [-0.25, -0.2) is 0 Å². The van der Waals surface area contributed by atoms with Crippen LogP contribution in [0.15, 0.2) is 16.8 Å². The number of aliphatic imine (C=N–C) groups is 1. The first-order valence-electron chi connectivity index (χ1n) is 5.30. The van der Waals surface area contributed by atoms with Gasteiger partial charge in [-0.2, -0.15) is 0 Å². The second-order valence-corrected chi connectivity index (χ2v) is 3.79. The monoisotopic (exact) mass is 196 g/mol. The Morgan fingerprint density at radius 1 is 1.64 bits per heavy atom. The highest BCUT2D eigenvalue weighted by atomic mass is 16.3. The molecule has 1 aliphatic heterocycles. The molecule has 0 aromatic rings. The van der Waals surface area contributed by atoms with Crippen molar-refractivity contribution in [3.63, 3.8) is 0 Å². The number of aliphatic hydroxyl groups is 1. The Kier molecular flexibility index (Phi) is 4.84. The van der Waals surface area contributed by atoms with Crippen LogP contribution in [0.4, 0.5) is 0 Å². The maximum Gasteiger partial charge on any atom is 0.0849 e. The largest absolute Gasteiger partial charge is 0.390 e.